The molecule has 23 heavy (non-hydrogen) atoms. The summed E-state index contributed by atoms with van der Waals surface area (Å²) in [6.45, 7) is 6.11. The number of ether oxygens (including phenoxy) is 1. The van der Waals surface area contributed by atoms with Crippen LogP contribution in [0.1, 0.15) is 5.56 Å². The van der Waals surface area contributed by atoms with Crippen LogP contribution in [-0.2, 0) is 4.79 Å². The van der Waals surface area contributed by atoms with Gasteiger partial charge in [0.2, 0.25) is 5.91 Å². The van der Waals surface area contributed by atoms with E-state index >= 15 is 0 Å². The minimum absolute atomic E-state index is 0.149. The van der Waals surface area contributed by atoms with Crippen molar-refractivity contribution in [1.29, 1.82) is 0 Å². The van der Waals surface area contributed by atoms with Crippen molar-refractivity contribution in [1.82, 2.24) is 0 Å². The fourth-order valence-electron chi connectivity index (χ4n) is 1.91. The smallest absolute Gasteiger partial charge is 0.243 e. The van der Waals surface area contributed by atoms with Crippen LogP contribution in [-0.4, -0.2) is 19.1 Å². The molecule has 0 saturated carbocycles. The summed E-state index contributed by atoms with van der Waals surface area (Å²) in [4.78, 5) is 12.0. The van der Waals surface area contributed by atoms with Crippen molar-refractivity contribution in [2.75, 3.05) is 23.8 Å². The van der Waals surface area contributed by atoms with Crippen molar-refractivity contribution in [2.45, 2.75) is 6.92 Å². The monoisotopic (exact) mass is 330 g/mol. The molecule has 0 aromatic heterocycles. The number of aryl methyl sites for hydroxylation is 1. The number of amides is 1. The molecule has 2 N–H and O–H groups in total. The first-order valence-electron chi connectivity index (χ1n) is 7.22. The molecule has 2 aromatic carbocycles. The number of carbonyl (C=O) groups excluding carboxylic acids is 1. The lowest BCUT2D eigenvalue weighted by Gasteiger charge is -2.10. The van der Waals surface area contributed by atoms with Crippen molar-refractivity contribution in [3.05, 3.63) is 65.7 Å². The lowest BCUT2D eigenvalue weighted by molar-refractivity contribution is -0.114. The van der Waals surface area contributed by atoms with Crippen molar-refractivity contribution >= 4 is 28.9 Å². The highest BCUT2D eigenvalue weighted by molar-refractivity contribution is 6.31. The molecule has 0 aliphatic heterocycles. The van der Waals surface area contributed by atoms with Gasteiger partial charge in [0.25, 0.3) is 0 Å². The fraction of sp³-hybridized carbons (Fsp3) is 0.167. The molecule has 0 radical (unpaired) electrons. The fourth-order valence-corrected chi connectivity index (χ4v) is 2.09. The van der Waals surface area contributed by atoms with Crippen LogP contribution in [0.15, 0.2) is 55.1 Å². The Hall–Kier alpha value is -2.46. The van der Waals surface area contributed by atoms with E-state index in [9.17, 15) is 4.79 Å². The highest BCUT2D eigenvalue weighted by atomic mass is 35.5. The lowest BCUT2D eigenvalue weighted by atomic mass is 10.2. The van der Waals surface area contributed by atoms with Gasteiger partial charge < -0.3 is 15.4 Å². The van der Waals surface area contributed by atoms with Crippen LogP contribution < -0.4 is 15.4 Å². The largest absolute Gasteiger partial charge is 0.489 e. The zero-order valence-corrected chi connectivity index (χ0v) is 13.7. The van der Waals surface area contributed by atoms with E-state index in [1.807, 2.05) is 43.3 Å². The van der Waals surface area contributed by atoms with Gasteiger partial charge in [0.05, 0.1) is 6.54 Å². The molecule has 0 aliphatic carbocycles. The summed E-state index contributed by atoms with van der Waals surface area (Å²) >= 11 is 6.04. The van der Waals surface area contributed by atoms with Gasteiger partial charge in [-0.1, -0.05) is 36.4 Å². The molecular weight excluding hydrogens is 312 g/mol. The van der Waals surface area contributed by atoms with Crippen LogP contribution in [0.2, 0.25) is 5.02 Å². The predicted octanol–water partition coefficient (Wildman–Crippen LogP) is 4.26. The molecule has 5 heteroatoms. The number of rotatable bonds is 7. The van der Waals surface area contributed by atoms with Gasteiger partial charge in [-0.25, -0.2) is 0 Å². The number of halogens is 1. The Morgan fingerprint density at radius 2 is 2.09 bits per heavy atom. The molecule has 4 nitrogen and oxygen atoms in total. The van der Waals surface area contributed by atoms with Crippen LogP contribution >= 0.6 is 11.6 Å². The first-order chi connectivity index (χ1) is 11.1. The van der Waals surface area contributed by atoms with Crippen molar-refractivity contribution in [2.24, 2.45) is 0 Å². The third-order valence-electron chi connectivity index (χ3n) is 3.11. The zero-order valence-electron chi connectivity index (χ0n) is 12.9. The molecule has 2 rings (SSSR count). The second-order valence-corrected chi connectivity index (χ2v) is 5.40. The molecule has 0 heterocycles. The Kier molecular flexibility index (Phi) is 6.06. The minimum Gasteiger partial charge on any atom is -0.489 e. The van der Waals surface area contributed by atoms with Gasteiger partial charge in [-0.05, 0) is 36.8 Å². The van der Waals surface area contributed by atoms with Gasteiger partial charge in [0, 0.05) is 22.5 Å². The second kappa shape index (κ2) is 8.25. The molecule has 0 atom stereocenters. The van der Waals surface area contributed by atoms with E-state index in [2.05, 4.69) is 17.2 Å². The normalized spacial score (nSPS) is 10.0. The van der Waals surface area contributed by atoms with Crippen molar-refractivity contribution in [3.63, 3.8) is 0 Å². The number of anilines is 2. The summed E-state index contributed by atoms with van der Waals surface area (Å²) in [6, 6.07) is 12.8. The topological polar surface area (TPSA) is 50.4 Å². The highest BCUT2D eigenvalue weighted by Crippen LogP contribution is 2.20. The maximum Gasteiger partial charge on any atom is 0.243 e. The van der Waals surface area contributed by atoms with E-state index < -0.39 is 0 Å². The van der Waals surface area contributed by atoms with E-state index in [-0.39, 0.29) is 12.5 Å². The Morgan fingerprint density at radius 1 is 1.26 bits per heavy atom. The number of nitrogens with one attached hydrogen (secondary N) is 2. The Balaban J connectivity index is 1.88. The van der Waals surface area contributed by atoms with Crippen molar-refractivity contribution < 1.29 is 9.53 Å². The molecule has 2 aromatic rings. The average molecular weight is 331 g/mol. The molecule has 0 spiro atoms. The maximum absolute atomic E-state index is 12.0. The number of hydrogen-bond acceptors (Lipinski definition) is 3. The lowest BCUT2D eigenvalue weighted by Crippen LogP contribution is -2.21. The standard InChI is InChI=1S/C18H19ClN2O2/c1-3-9-23-16-6-4-5-14(10-16)20-12-18(22)21-15-8-7-13(2)17(19)11-15/h3-8,10-11,20H,1,9,12H2,2H3,(H,21,22). The van der Waals surface area contributed by atoms with E-state index in [4.69, 9.17) is 16.3 Å². The highest BCUT2D eigenvalue weighted by Gasteiger charge is 2.04. The summed E-state index contributed by atoms with van der Waals surface area (Å²) in [5.41, 5.74) is 2.46. The van der Waals surface area contributed by atoms with E-state index in [1.165, 1.54) is 0 Å². The van der Waals surface area contributed by atoms with Crippen LogP contribution in [0, 0.1) is 6.92 Å². The maximum atomic E-state index is 12.0. The third-order valence-corrected chi connectivity index (χ3v) is 3.52. The van der Waals surface area contributed by atoms with Crippen LogP contribution in [0.4, 0.5) is 11.4 Å². The Morgan fingerprint density at radius 3 is 2.83 bits per heavy atom. The first kappa shape index (κ1) is 16.9. The molecule has 120 valence electrons. The van der Waals surface area contributed by atoms with Crippen molar-refractivity contribution in [3.8, 4) is 5.75 Å². The molecular formula is C18H19ClN2O2. The van der Waals surface area contributed by atoms with Crippen LogP contribution in [0.3, 0.4) is 0 Å². The predicted molar refractivity (Wildman–Crippen MR) is 95.4 cm³/mol. The van der Waals surface area contributed by atoms with E-state index in [0.717, 1.165) is 17.0 Å². The molecule has 0 fully saturated rings. The summed E-state index contributed by atoms with van der Waals surface area (Å²) in [7, 11) is 0. The van der Waals surface area contributed by atoms with Crippen LogP contribution in [0.5, 0.6) is 5.75 Å². The summed E-state index contributed by atoms with van der Waals surface area (Å²) < 4.78 is 5.45. The first-order valence-corrected chi connectivity index (χ1v) is 7.60. The number of hydrogen-bond donors (Lipinski definition) is 2. The van der Waals surface area contributed by atoms with Crippen LogP contribution in [0.25, 0.3) is 0 Å². The second-order valence-electron chi connectivity index (χ2n) is 4.99. The Labute approximate surface area is 141 Å². The summed E-state index contributed by atoms with van der Waals surface area (Å²) in [5.74, 6) is 0.572. The van der Waals surface area contributed by atoms with Gasteiger partial charge in [-0.2, -0.15) is 0 Å². The van der Waals surface area contributed by atoms with Gasteiger partial charge in [0.1, 0.15) is 12.4 Å². The molecule has 0 unspecified atom stereocenters. The molecule has 1 amide bonds. The SMILES string of the molecule is C=CCOc1cccc(NCC(=O)Nc2ccc(C)c(Cl)c2)c1. The van der Waals surface area contributed by atoms with Gasteiger partial charge in [-0.15, -0.1) is 0 Å². The van der Waals surface area contributed by atoms with E-state index in [1.54, 1.807) is 12.1 Å². The molecule has 0 aliphatic rings. The quantitative estimate of drug-likeness (QED) is 0.746. The zero-order chi connectivity index (χ0) is 16.7. The average Bonchev–Trinajstić information content (AvgIpc) is 2.55. The van der Waals surface area contributed by atoms with Gasteiger partial charge in [0.15, 0.2) is 0 Å². The third kappa shape index (κ3) is 5.34. The van der Waals surface area contributed by atoms with Gasteiger partial charge in [-0.3, -0.25) is 4.79 Å². The summed E-state index contributed by atoms with van der Waals surface area (Å²) in [6.07, 6.45) is 1.68. The summed E-state index contributed by atoms with van der Waals surface area (Å²) in [5, 5.41) is 6.48. The number of carbonyl (C=O) groups is 1. The van der Waals surface area contributed by atoms with E-state index in [0.29, 0.717) is 17.3 Å². The molecule has 0 saturated heterocycles. The molecule has 0 bridgehead atoms. The Bertz CT molecular complexity index is 701. The number of benzene rings is 2. The minimum atomic E-state index is -0.151. The van der Waals surface area contributed by atoms with Gasteiger partial charge >= 0.3 is 0 Å².